The molecular formula is C17H16N2O3. The quantitative estimate of drug-likeness (QED) is 0.670. The van der Waals surface area contributed by atoms with Crippen molar-refractivity contribution in [3.63, 3.8) is 0 Å². The Kier molecular flexibility index (Phi) is 5.31. The number of methoxy groups -OCH3 is 1. The average molecular weight is 296 g/mol. The van der Waals surface area contributed by atoms with E-state index in [1.165, 1.54) is 13.2 Å². The van der Waals surface area contributed by atoms with Crippen LogP contribution in [-0.4, -0.2) is 19.1 Å². The summed E-state index contributed by atoms with van der Waals surface area (Å²) in [5.41, 5.74) is 2.00. The van der Waals surface area contributed by atoms with Gasteiger partial charge in [-0.3, -0.25) is 0 Å². The van der Waals surface area contributed by atoms with E-state index in [9.17, 15) is 9.59 Å². The normalized spacial score (nSPS) is 10.2. The smallest absolute Gasteiger partial charge is 0.330 e. The lowest BCUT2D eigenvalue weighted by Crippen LogP contribution is -2.19. The highest BCUT2D eigenvalue weighted by Crippen LogP contribution is 2.17. The third-order valence-electron chi connectivity index (χ3n) is 2.84. The zero-order valence-corrected chi connectivity index (χ0v) is 12.1. The first-order chi connectivity index (χ1) is 10.7. The molecule has 0 fully saturated rings. The summed E-state index contributed by atoms with van der Waals surface area (Å²) in [6.07, 6.45) is 2.89. The Morgan fingerprint density at radius 1 is 0.955 bits per heavy atom. The largest absolute Gasteiger partial charge is 0.466 e. The zero-order chi connectivity index (χ0) is 15.8. The van der Waals surface area contributed by atoms with Gasteiger partial charge in [-0.2, -0.15) is 0 Å². The highest BCUT2D eigenvalue weighted by atomic mass is 16.5. The molecule has 0 spiro atoms. The van der Waals surface area contributed by atoms with Gasteiger partial charge in [-0.15, -0.1) is 0 Å². The molecule has 0 unspecified atom stereocenters. The zero-order valence-electron chi connectivity index (χ0n) is 12.1. The van der Waals surface area contributed by atoms with E-state index in [4.69, 9.17) is 0 Å². The number of rotatable bonds is 4. The molecule has 5 heteroatoms. The second kappa shape index (κ2) is 7.64. The summed E-state index contributed by atoms with van der Waals surface area (Å²) in [4.78, 5) is 23.1. The van der Waals surface area contributed by atoms with Gasteiger partial charge in [0.15, 0.2) is 0 Å². The molecule has 2 aromatic carbocycles. The van der Waals surface area contributed by atoms with Crippen LogP contribution in [-0.2, 0) is 9.53 Å². The molecule has 0 aliphatic rings. The van der Waals surface area contributed by atoms with Crippen molar-refractivity contribution in [1.29, 1.82) is 0 Å². The van der Waals surface area contributed by atoms with Crippen molar-refractivity contribution in [3.8, 4) is 0 Å². The van der Waals surface area contributed by atoms with Gasteiger partial charge in [-0.05, 0) is 29.8 Å². The van der Waals surface area contributed by atoms with Crippen LogP contribution in [0.5, 0.6) is 0 Å². The number of esters is 1. The van der Waals surface area contributed by atoms with Gasteiger partial charge < -0.3 is 15.4 Å². The molecule has 22 heavy (non-hydrogen) atoms. The molecule has 0 aromatic heterocycles. The fraction of sp³-hybridized carbons (Fsp3) is 0.0588. The maximum Gasteiger partial charge on any atom is 0.330 e. The van der Waals surface area contributed by atoms with Crippen molar-refractivity contribution >= 4 is 29.5 Å². The molecule has 2 N–H and O–H groups in total. The number of amides is 2. The van der Waals surface area contributed by atoms with E-state index in [0.29, 0.717) is 16.9 Å². The summed E-state index contributed by atoms with van der Waals surface area (Å²) in [7, 11) is 1.31. The average Bonchev–Trinajstić information content (AvgIpc) is 2.54. The van der Waals surface area contributed by atoms with Gasteiger partial charge in [0.2, 0.25) is 0 Å². The van der Waals surface area contributed by atoms with E-state index in [1.54, 1.807) is 36.4 Å². The van der Waals surface area contributed by atoms with Crippen LogP contribution < -0.4 is 10.6 Å². The van der Waals surface area contributed by atoms with E-state index >= 15 is 0 Å². The van der Waals surface area contributed by atoms with Crippen molar-refractivity contribution < 1.29 is 14.3 Å². The van der Waals surface area contributed by atoms with Crippen molar-refractivity contribution in [2.75, 3.05) is 17.7 Å². The third-order valence-corrected chi connectivity index (χ3v) is 2.84. The van der Waals surface area contributed by atoms with Crippen LogP contribution in [0.4, 0.5) is 16.2 Å². The molecule has 5 nitrogen and oxygen atoms in total. The fourth-order valence-electron chi connectivity index (χ4n) is 1.79. The van der Waals surface area contributed by atoms with Crippen molar-refractivity contribution in [2.24, 2.45) is 0 Å². The summed E-state index contributed by atoms with van der Waals surface area (Å²) < 4.78 is 4.55. The number of nitrogens with one attached hydrogen (secondary N) is 2. The van der Waals surface area contributed by atoms with E-state index in [-0.39, 0.29) is 6.03 Å². The summed E-state index contributed by atoms with van der Waals surface area (Å²) in [6.45, 7) is 0. The Morgan fingerprint density at radius 2 is 1.64 bits per heavy atom. The highest BCUT2D eigenvalue weighted by Gasteiger charge is 2.05. The third kappa shape index (κ3) is 4.49. The standard InChI is InChI=1S/C17H16N2O3/c1-22-16(20)12-11-13-7-5-6-10-15(13)19-17(21)18-14-8-3-2-4-9-14/h2-12H,1H3,(H2,18,19,21)/b12-11+. The first kappa shape index (κ1) is 15.3. The number of anilines is 2. The molecule has 0 saturated carbocycles. The Morgan fingerprint density at radius 3 is 2.36 bits per heavy atom. The number of ether oxygens (including phenoxy) is 1. The molecular weight excluding hydrogens is 280 g/mol. The Labute approximate surface area is 128 Å². The van der Waals surface area contributed by atoms with Crippen LogP contribution in [0, 0.1) is 0 Å². The van der Waals surface area contributed by atoms with Crippen LogP contribution in [0.15, 0.2) is 60.7 Å². The molecule has 0 heterocycles. The molecule has 2 amide bonds. The molecule has 0 aliphatic heterocycles. The van der Waals surface area contributed by atoms with Crippen LogP contribution in [0.3, 0.4) is 0 Å². The number of benzene rings is 2. The predicted molar refractivity (Wildman–Crippen MR) is 86.6 cm³/mol. The van der Waals surface area contributed by atoms with Gasteiger partial charge in [-0.1, -0.05) is 36.4 Å². The van der Waals surface area contributed by atoms with E-state index in [1.807, 2.05) is 24.3 Å². The lowest BCUT2D eigenvalue weighted by molar-refractivity contribution is -0.134. The van der Waals surface area contributed by atoms with Gasteiger partial charge in [0, 0.05) is 17.5 Å². The number of hydrogen-bond donors (Lipinski definition) is 2. The Balaban J connectivity index is 2.07. The second-order valence-electron chi connectivity index (χ2n) is 4.39. The minimum absolute atomic E-state index is 0.356. The molecule has 2 rings (SSSR count). The van der Waals surface area contributed by atoms with Crippen molar-refractivity contribution in [2.45, 2.75) is 0 Å². The lowest BCUT2D eigenvalue weighted by Gasteiger charge is -2.10. The first-order valence-electron chi connectivity index (χ1n) is 6.67. The molecule has 0 saturated heterocycles. The summed E-state index contributed by atoms with van der Waals surface area (Å²) >= 11 is 0. The fourth-order valence-corrected chi connectivity index (χ4v) is 1.79. The van der Waals surface area contributed by atoms with Gasteiger partial charge in [-0.25, -0.2) is 9.59 Å². The van der Waals surface area contributed by atoms with Gasteiger partial charge in [0.25, 0.3) is 0 Å². The van der Waals surface area contributed by atoms with Crippen molar-refractivity contribution in [3.05, 3.63) is 66.2 Å². The Hall–Kier alpha value is -3.08. The second-order valence-corrected chi connectivity index (χ2v) is 4.39. The summed E-state index contributed by atoms with van der Waals surface area (Å²) in [5.74, 6) is -0.455. The Bertz CT molecular complexity index is 681. The number of carbonyl (C=O) groups excluding carboxylic acids is 2. The molecule has 112 valence electrons. The van der Waals surface area contributed by atoms with Gasteiger partial charge in [0.1, 0.15) is 0 Å². The van der Waals surface area contributed by atoms with E-state index in [0.717, 1.165) is 0 Å². The number of para-hydroxylation sites is 2. The molecule has 0 radical (unpaired) electrons. The van der Waals surface area contributed by atoms with E-state index in [2.05, 4.69) is 15.4 Å². The van der Waals surface area contributed by atoms with Gasteiger partial charge in [0.05, 0.1) is 7.11 Å². The lowest BCUT2D eigenvalue weighted by atomic mass is 10.1. The maximum absolute atomic E-state index is 12.0. The highest BCUT2D eigenvalue weighted by molar-refractivity contribution is 6.01. The van der Waals surface area contributed by atoms with Crippen LogP contribution in [0.1, 0.15) is 5.56 Å². The molecule has 0 bridgehead atoms. The molecule has 2 aromatic rings. The molecule has 0 aliphatic carbocycles. The van der Waals surface area contributed by atoms with Gasteiger partial charge >= 0.3 is 12.0 Å². The van der Waals surface area contributed by atoms with Crippen LogP contribution in [0.25, 0.3) is 6.08 Å². The van der Waals surface area contributed by atoms with Crippen molar-refractivity contribution in [1.82, 2.24) is 0 Å². The first-order valence-corrected chi connectivity index (χ1v) is 6.67. The summed E-state index contributed by atoms with van der Waals surface area (Å²) in [5, 5.41) is 5.48. The minimum atomic E-state index is -0.455. The monoisotopic (exact) mass is 296 g/mol. The number of hydrogen-bond acceptors (Lipinski definition) is 3. The predicted octanol–water partition coefficient (Wildman–Crippen LogP) is 3.52. The van der Waals surface area contributed by atoms with Crippen LogP contribution in [0.2, 0.25) is 0 Å². The molecule has 0 atom stereocenters. The maximum atomic E-state index is 12.0. The number of carbonyl (C=O) groups is 2. The van der Waals surface area contributed by atoms with Crippen LogP contribution >= 0.6 is 0 Å². The minimum Gasteiger partial charge on any atom is -0.466 e. The van der Waals surface area contributed by atoms with E-state index < -0.39 is 5.97 Å². The number of urea groups is 1. The topological polar surface area (TPSA) is 67.4 Å². The SMILES string of the molecule is COC(=O)/C=C/c1ccccc1NC(=O)Nc1ccccc1. The summed E-state index contributed by atoms with van der Waals surface area (Å²) in [6, 6.07) is 15.9.